The summed E-state index contributed by atoms with van der Waals surface area (Å²) < 4.78 is 0. The Bertz CT molecular complexity index is 263. The Morgan fingerprint density at radius 1 is 1.27 bits per heavy atom. The van der Waals surface area contributed by atoms with Crippen LogP contribution in [-0.2, 0) is 9.59 Å². The van der Waals surface area contributed by atoms with Gasteiger partial charge in [0.25, 0.3) is 0 Å². The Balaban J connectivity index is 3.82. The summed E-state index contributed by atoms with van der Waals surface area (Å²) in [5.74, 6) is -1.21. The van der Waals surface area contributed by atoms with E-state index in [1.54, 1.807) is 6.92 Å². The van der Waals surface area contributed by atoms with E-state index < -0.39 is 18.1 Å². The number of carbonyl (C=O) groups excluding carboxylic acids is 1. The monoisotopic (exact) mass is 214 g/mol. The smallest absolute Gasteiger partial charge is 0.320 e. The molecule has 0 spiro atoms. The molecule has 0 fully saturated rings. The van der Waals surface area contributed by atoms with Crippen LogP contribution >= 0.6 is 0 Å². The molecule has 0 saturated carbocycles. The molecule has 86 valence electrons. The Labute approximate surface area is 89.1 Å². The SMILES string of the molecule is C=C(C)C(=O)C(N)CCC[C@@H](N)C(=O)O. The van der Waals surface area contributed by atoms with E-state index in [1.807, 2.05) is 0 Å². The van der Waals surface area contributed by atoms with E-state index in [9.17, 15) is 9.59 Å². The molecule has 0 aliphatic carbocycles. The van der Waals surface area contributed by atoms with Crippen LogP contribution in [0.4, 0.5) is 0 Å². The van der Waals surface area contributed by atoms with Crippen molar-refractivity contribution >= 4 is 11.8 Å². The van der Waals surface area contributed by atoms with Crippen LogP contribution in [0, 0.1) is 0 Å². The summed E-state index contributed by atoms with van der Waals surface area (Å²) in [6.07, 6.45) is 1.28. The maximum Gasteiger partial charge on any atom is 0.320 e. The Morgan fingerprint density at radius 3 is 2.13 bits per heavy atom. The number of nitrogens with two attached hydrogens (primary N) is 2. The second-order valence-electron chi connectivity index (χ2n) is 3.63. The molecule has 0 aromatic rings. The van der Waals surface area contributed by atoms with Gasteiger partial charge in [-0.25, -0.2) is 0 Å². The molecule has 0 aliphatic rings. The van der Waals surface area contributed by atoms with E-state index >= 15 is 0 Å². The van der Waals surface area contributed by atoms with Gasteiger partial charge in [0.15, 0.2) is 5.78 Å². The van der Waals surface area contributed by atoms with Crippen LogP contribution in [0.25, 0.3) is 0 Å². The highest BCUT2D eigenvalue weighted by atomic mass is 16.4. The lowest BCUT2D eigenvalue weighted by atomic mass is 10.0. The summed E-state index contributed by atoms with van der Waals surface area (Å²) in [6, 6.07) is -1.47. The summed E-state index contributed by atoms with van der Waals surface area (Å²) in [5.41, 5.74) is 11.3. The fourth-order valence-electron chi connectivity index (χ4n) is 1.13. The van der Waals surface area contributed by atoms with Gasteiger partial charge in [0.1, 0.15) is 6.04 Å². The van der Waals surface area contributed by atoms with Crippen LogP contribution in [0.2, 0.25) is 0 Å². The maximum absolute atomic E-state index is 11.3. The number of rotatable bonds is 7. The number of carbonyl (C=O) groups is 2. The van der Waals surface area contributed by atoms with E-state index in [-0.39, 0.29) is 5.78 Å². The molecule has 15 heavy (non-hydrogen) atoms. The largest absolute Gasteiger partial charge is 0.480 e. The van der Waals surface area contributed by atoms with E-state index in [1.165, 1.54) is 0 Å². The summed E-state index contributed by atoms with van der Waals surface area (Å²) in [7, 11) is 0. The van der Waals surface area contributed by atoms with Gasteiger partial charge in [-0.2, -0.15) is 0 Å². The molecular weight excluding hydrogens is 196 g/mol. The first-order valence-corrected chi connectivity index (χ1v) is 4.80. The van der Waals surface area contributed by atoms with E-state index in [0.29, 0.717) is 24.8 Å². The number of hydrogen-bond donors (Lipinski definition) is 3. The zero-order valence-corrected chi connectivity index (χ0v) is 8.90. The molecule has 0 aliphatic heterocycles. The lowest BCUT2D eigenvalue weighted by Gasteiger charge is -2.11. The average molecular weight is 214 g/mol. The maximum atomic E-state index is 11.3. The van der Waals surface area contributed by atoms with Crippen LogP contribution in [-0.4, -0.2) is 28.9 Å². The highest BCUT2D eigenvalue weighted by Crippen LogP contribution is 2.05. The van der Waals surface area contributed by atoms with Crippen molar-refractivity contribution in [3.05, 3.63) is 12.2 Å². The van der Waals surface area contributed by atoms with Gasteiger partial charge in [0.05, 0.1) is 6.04 Å². The Kier molecular flexibility index (Phi) is 5.81. The van der Waals surface area contributed by atoms with Gasteiger partial charge in [-0.3, -0.25) is 9.59 Å². The molecule has 0 radical (unpaired) electrons. The molecule has 0 heterocycles. The third-order valence-corrected chi connectivity index (χ3v) is 2.10. The molecule has 0 aromatic heterocycles. The topological polar surface area (TPSA) is 106 Å². The van der Waals surface area contributed by atoms with Crippen LogP contribution < -0.4 is 11.5 Å². The number of Topliss-reactive ketones (excluding diaryl/α,β-unsaturated/α-hetero) is 1. The molecule has 2 atom stereocenters. The lowest BCUT2D eigenvalue weighted by Crippen LogP contribution is -2.33. The summed E-state index contributed by atoms with van der Waals surface area (Å²) >= 11 is 0. The van der Waals surface area contributed by atoms with Crippen molar-refractivity contribution in [1.29, 1.82) is 0 Å². The Hall–Kier alpha value is -1.20. The van der Waals surface area contributed by atoms with E-state index in [2.05, 4.69) is 6.58 Å². The number of carboxylic acids is 1. The lowest BCUT2D eigenvalue weighted by molar-refractivity contribution is -0.138. The molecule has 0 amide bonds. The van der Waals surface area contributed by atoms with Gasteiger partial charge >= 0.3 is 5.97 Å². The fourth-order valence-corrected chi connectivity index (χ4v) is 1.13. The highest BCUT2D eigenvalue weighted by molar-refractivity contribution is 5.98. The van der Waals surface area contributed by atoms with Crippen molar-refractivity contribution in [2.45, 2.75) is 38.3 Å². The van der Waals surface area contributed by atoms with Crippen LogP contribution in [0.1, 0.15) is 26.2 Å². The second kappa shape index (κ2) is 6.31. The van der Waals surface area contributed by atoms with Gasteiger partial charge in [-0.15, -0.1) is 0 Å². The minimum Gasteiger partial charge on any atom is -0.480 e. The summed E-state index contributed by atoms with van der Waals surface area (Å²) in [6.45, 7) is 5.10. The van der Waals surface area contributed by atoms with Crippen molar-refractivity contribution in [3.63, 3.8) is 0 Å². The van der Waals surface area contributed by atoms with Crippen LogP contribution in [0.5, 0.6) is 0 Å². The normalized spacial score (nSPS) is 14.3. The van der Waals surface area contributed by atoms with Crippen molar-refractivity contribution in [2.75, 3.05) is 0 Å². The standard InChI is InChI=1S/C10H18N2O3/c1-6(2)9(13)7(11)4-3-5-8(12)10(14)15/h7-8H,1,3-5,11-12H2,2H3,(H,14,15)/t7?,8-/m1/s1. The minimum atomic E-state index is -1.03. The number of ketones is 1. The third kappa shape index (κ3) is 5.29. The molecule has 5 N–H and O–H groups in total. The van der Waals surface area contributed by atoms with Crippen molar-refractivity contribution < 1.29 is 14.7 Å². The second-order valence-corrected chi connectivity index (χ2v) is 3.63. The predicted molar refractivity (Wildman–Crippen MR) is 57.3 cm³/mol. The molecule has 5 nitrogen and oxygen atoms in total. The van der Waals surface area contributed by atoms with Crippen molar-refractivity contribution in [2.24, 2.45) is 11.5 Å². The fraction of sp³-hybridized carbons (Fsp3) is 0.600. The molecular formula is C10H18N2O3. The number of carboxylic acid groups (broad SMARTS) is 1. The van der Waals surface area contributed by atoms with Gasteiger partial charge in [0, 0.05) is 0 Å². The van der Waals surface area contributed by atoms with E-state index in [4.69, 9.17) is 16.6 Å². The Morgan fingerprint density at radius 2 is 1.73 bits per heavy atom. The van der Waals surface area contributed by atoms with Crippen LogP contribution in [0.15, 0.2) is 12.2 Å². The number of aliphatic carboxylic acids is 1. The van der Waals surface area contributed by atoms with E-state index in [0.717, 1.165) is 0 Å². The molecule has 1 unspecified atom stereocenters. The van der Waals surface area contributed by atoms with Gasteiger partial charge < -0.3 is 16.6 Å². The average Bonchev–Trinajstić information content (AvgIpc) is 2.15. The van der Waals surface area contributed by atoms with Gasteiger partial charge in [0.2, 0.25) is 0 Å². The minimum absolute atomic E-state index is 0.182. The first kappa shape index (κ1) is 13.8. The third-order valence-electron chi connectivity index (χ3n) is 2.10. The predicted octanol–water partition coefficient (Wildman–Crippen LogP) is 0.0411. The van der Waals surface area contributed by atoms with Crippen molar-refractivity contribution in [3.8, 4) is 0 Å². The van der Waals surface area contributed by atoms with Gasteiger partial charge in [-0.1, -0.05) is 6.58 Å². The molecule has 0 bridgehead atoms. The first-order valence-electron chi connectivity index (χ1n) is 4.80. The molecule has 0 rings (SSSR count). The van der Waals surface area contributed by atoms with Crippen LogP contribution in [0.3, 0.4) is 0 Å². The summed E-state index contributed by atoms with van der Waals surface area (Å²) in [4.78, 5) is 21.7. The number of hydrogen-bond acceptors (Lipinski definition) is 4. The van der Waals surface area contributed by atoms with Gasteiger partial charge in [-0.05, 0) is 31.8 Å². The summed E-state index contributed by atoms with van der Waals surface area (Å²) in [5, 5.41) is 8.51. The molecule has 5 heteroatoms. The molecule has 0 aromatic carbocycles. The zero-order valence-electron chi connectivity index (χ0n) is 8.90. The zero-order chi connectivity index (χ0) is 12.0. The quantitative estimate of drug-likeness (QED) is 0.519. The first-order chi connectivity index (χ1) is 6.86. The molecule has 0 saturated heterocycles. The van der Waals surface area contributed by atoms with Crippen molar-refractivity contribution in [1.82, 2.24) is 0 Å². The highest BCUT2D eigenvalue weighted by Gasteiger charge is 2.16.